The maximum Gasteiger partial charge on any atom is 0.241 e. The lowest BCUT2D eigenvalue weighted by Gasteiger charge is -2.35. The predicted octanol–water partition coefficient (Wildman–Crippen LogP) is 3.41. The average Bonchev–Trinajstić information content (AvgIpc) is 2.66. The smallest absolute Gasteiger partial charge is 0.241 e. The summed E-state index contributed by atoms with van der Waals surface area (Å²) in [6.45, 7) is 3.09. The van der Waals surface area contributed by atoms with Crippen LogP contribution in [0.4, 0.5) is 0 Å². The summed E-state index contributed by atoms with van der Waals surface area (Å²) in [5.41, 5.74) is 3.00. The zero-order chi connectivity index (χ0) is 19.7. The molecule has 5 nitrogen and oxygen atoms in total. The van der Waals surface area contributed by atoms with Crippen LogP contribution in [-0.2, 0) is 27.8 Å². The van der Waals surface area contributed by atoms with Crippen LogP contribution in [0.5, 0.6) is 0 Å². The van der Waals surface area contributed by atoms with E-state index in [1.54, 1.807) is 12.1 Å². The molecule has 2 aromatic rings. The maximum absolute atomic E-state index is 12.8. The molecule has 148 valence electrons. The first-order chi connectivity index (χ1) is 13.4. The fourth-order valence-corrected chi connectivity index (χ4v) is 5.19. The molecule has 1 saturated carbocycles. The van der Waals surface area contributed by atoms with E-state index in [1.807, 2.05) is 48.2 Å². The normalized spacial score (nSPS) is 18.2. The molecule has 1 fully saturated rings. The molecule has 1 atom stereocenters. The van der Waals surface area contributed by atoms with E-state index in [0.29, 0.717) is 19.5 Å². The molecule has 0 radical (unpaired) electrons. The van der Waals surface area contributed by atoms with Gasteiger partial charge in [0.1, 0.15) is 0 Å². The molecular weight excluding hydrogens is 372 g/mol. The molecular formula is C22H26N2O3S. The zero-order valence-corrected chi connectivity index (χ0v) is 16.9. The van der Waals surface area contributed by atoms with Gasteiger partial charge in [-0.05, 0) is 55.0 Å². The van der Waals surface area contributed by atoms with Gasteiger partial charge in [-0.2, -0.15) is 0 Å². The minimum absolute atomic E-state index is 0.199. The van der Waals surface area contributed by atoms with Gasteiger partial charge in [-0.25, -0.2) is 13.1 Å². The molecule has 1 amide bonds. The Morgan fingerprint density at radius 3 is 2.54 bits per heavy atom. The molecule has 28 heavy (non-hydrogen) atoms. The van der Waals surface area contributed by atoms with Crippen LogP contribution in [0.3, 0.4) is 0 Å². The number of hydrogen-bond donors (Lipinski definition) is 1. The average molecular weight is 399 g/mol. The fourth-order valence-electron chi connectivity index (χ4n) is 3.91. The minimum atomic E-state index is -3.61. The number of benzene rings is 2. The molecule has 0 aromatic heterocycles. The van der Waals surface area contributed by atoms with Gasteiger partial charge in [-0.15, -0.1) is 0 Å². The molecule has 1 aliphatic heterocycles. The number of carbonyl (C=O) groups is 1. The van der Waals surface area contributed by atoms with Crippen LogP contribution in [-0.4, -0.2) is 25.8 Å². The Balaban J connectivity index is 1.48. The summed E-state index contributed by atoms with van der Waals surface area (Å²) in [7, 11) is -3.61. The summed E-state index contributed by atoms with van der Waals surface area (Å²) in [6, 6.07) is 14.5. The standard InChI is InChI=1S/C22H26N2O3S/c1-16(17-6-3-2-4-7-17)23-28(26,27)21-11-10-20-15-24(13-12-19(20)14-21)22(25)18-8-5-9-18/h2-4,6-7,10-11,14,16,18,23H,5,8-9,12-13,15H2,1H3/t16-/m0/s1. The second-order valence-corrected chi connectivity index (χ2v) is 9.54. The van der Waals surface area contributed by atoms with Crippen molar-refractivity contribution in [3.63, 3.8) is 0 Å². The number of nitrogens with zero attached hydrogens (tertiary/aromatic N) is 1. The van der Waals surface area contributed by atoms with Gasteiger partial charge in [0.15, 0.2) is 0 Å². The number of hydrogen-bond acceptors (Lipinski definition) is 3. The number of fused-ring (bicyclic) bond motifs is 1. The van der Waals surface area contributed by atoms with Crippen molar-refractivity contribution in [2.45, 2.75) is 50.1 Å². The summed E-state index contributed by atoms with van der Waals surface area (Å²) < 4.78 is 28.4. The first-order valence-electron chi connectivity index (χ1n) is 9.92. The van der Waals surface area contributed by atoms with E-state index < -0.39 is 10.0 Å². The van der Waals surface area contributed by atoms with Crippen LogP contribution >= 0.6 is 0 Å². The lowest BCUT2D eigenvalue weighted by atomic mass is 9.84. The largest absolute Gasteiger partial charge is 0.338 e. The van der Waals surface area contributed by atoms with Crippen molar-refractivity contribution in [2.75, 3.05) is 6.54 Å². The minimum Gasteiger partial charge on any atom is -0.338 e. The monoisotopic (exact) mass is 398 g/mol. The van der Waals surface area contributed by atoms with Crippen LogP contribution in [0.2, 0.25) is 0 Å². The van der Waals surface area contributed by atoms with Gasteiger partial charge >= 0.3 is 0 Å². The van der Waals surface area contributed by atoms with E-state index >= 15 is 0 Å². The molecule has 1 aliphatic carbocycles. The second kappa shape index (κ2) is 7.68. The summed E-state index contributed by atoms with van der Waals surface area (Å²) >= 11 is 0. The summed E-state index contributed by atoms with van der Waals surface area (Å²) in [4.78, 5) is 14.7. The second-order valence-electron chi connectivity index (χ2n) is 7.82. The Morgan fingerprint density at radius 1 is 1.11 bits per heavy atom. The highest BCUT2D eigenvalue weighted by Crippen LogP contribution is 2.31. The molecule has 6 heteroatoms. The van der Waals surface area contributed by atoms with Crippen LogP contribution in [0.1, 0.15) is 48.9 Å². The zero-order valence-electron chi connectivity index (χ0n) is 16.1. The van der Waals surface area contributed by atoms with Gasteiger partial charge in [-0.3, -0.25) is 4.79 Å². The lowest BCUT2D eigenvalue weighted by molar-refractivity contribution is -0.139. The van der Waals surface area contributed by atoms with Gasteiger partial charge in [0.25, 0.3) is 0 Å². The molecule has 0 saturated heterocycles. The van der Waals surface area contributed by atoms with Gasteiger partial charge in [0.05, 0.1) is 4.90 Å². The fraction of sp³-hybridized carbons (Fsp3) is 0.409. The van der Waals surface area contributed by atoms with Gasteiger partial charge < -0.3 is 4.90 Å². The van der Waals surface area contributed by atoms with Crippen molar-refractivity contribution in [1.82, 2.24) is 9.62 Å². The Kier molecular flexibility index (Phi) is 5.25. The van der Waals surface area contributed by atoms with Crippen LogP contribution in [0, 0.1) is 5.92 Å². The quantitative estimate of drug-likeness (QED) is 0.839. The molecule has 4 rings (SSSR count). The van der Waals surface area contributed by atoms with Crippen LogP contribution in [0.25, 0.3) is 0 Å². The number of amides is 1. The highest BCUT2D eigenvalue weighted by molar-refractivity contribution is 7.89. The number of rotatable bonds is 5. The molecule has 0 spiro atoms. The van der Waals surface area contributed by atoms with Crippen molar-refractivity contribution in [3.8, 4) is 0 Å². The third-order valence-corrected chi connectivity index (χ3v) is 7.44. The van der Waals surface area contributed by atoms with E-state index in [9.17, 15) is 13.2 Å². The molecule has 2 aromatic carbocycles. The highest BCUT2D eigenvalue weighted by Gasteiger charge is 2.31. The topological polar surface area (TPSA) is 66.5 Å². The van der Waals surface area contributed by atoms with Crippen LogP contribution < -0.4 is 4.72 Å². The predicted molar refractivity (Wildman–Crippen MR) is 108 cm³/mol. The Bertz CT molecular complexity index is 969. The number of nitrogens with one attached hydrogen (secondary N) is 1. The van der Waals surface area contributed by atoms with E-state index in [-0.39, 0.29) is 22.8 Å². The van der Waals surface area contributed by atoms with Crippen molar-refractivity contribution in [2.24, 2.45) is 5.92 Å². The Morgan fingerprint density at radius 2 is 1.86 bits per heavy atom. The SMILES string of the molecule is C[C@H](NS(=O)(=O)c1ccc2c(c1)CCN(C(=O)C1CCC1)C2)c1ccccc1. The van der Waals surface area contributed by atoms with Crippen molar-refractivity contribution < 1.29 is 13.2 Å². The molecule has 0 bridgehead atoms. The lowest BCUT2D eigenvalue weighted by Crippen LogP contribution is -2.41. The van der Waals surface area contributed by atoms with Gasteiger partial charge in [-0.1, -0.05) is 42.8 Å². The van der Waals surface area contributed by atoms with E-state index in [1.165, 1.54) is 0 Å². The van der Waals surface area contributed by atoms with Gasteiger partial charge in [0.2, 0.25) is 15.9 Å². The van der Waals surface area contributed by atoms with Crippen molar-refractivity contribution in [3.05, 3.63) is 65.2 Å². The third-order valence-electron chi connectivity index (χ3n) is 5.90. The summed E-state index contributed by atoms with van der Waals surface area (Å²) in [6.07, 6.45) is 3.86. The van der Waals surface area contributed by atoms with Gasteiger partial charge in [0, 0.05) is 25.0 Å². The molecule has 1 heterocycles. The van der Waals surface area contributed by atoms with E-state index in [0.717, 1.165) is 36.0 Å². The molecule has 1 N–H and O–H groups in total. The van der Waals surface area contributed by atoms with E-state index in [4.69, 9.17) is 0 Å². The van der Waals surface area contributed by atoms with Crippen molar-refractivity contribution >= 4 is 15.9 Å². The summed E-state index contributed by atoms with van der Waals surface area (Å²) in [5, 5.41) is 0. The molecule has 2 aliphatic rings. The first-order valence-corrected chi connectivity index (χ1v) is 11.4. The van der Waals surface area contributed by atoms with Crippen LogP contribution in [0.15, 0.2) is 53.4 Å². The highest BCUT2D eigenvalue weighted by atomic mass is 32.2. The van der Waals surface area contributed by atoms with E-state index in [2.05, 4.69) is 4.72 Å². The number of carbonyl (C=O) groups excluding carboxylic acids is 1. The molecule has 0 unspecified atom stereocenters. The Labute approximate surface area is 166 Å². The van der Waals surface area contributed by atoms with Crippen molar-refractivity contribution in [1.29, 1.82) is 0 Å². The maximum atomic E-state index is 12.8. The Hall–Kier alpha value is -2.18. The summed E-state index contributed by atoms with van der Waals surface area (Å²) in [5.74, 6) is 0.455. The third kappa shape index (κ3) is 3.84. The first kappa shape index (κ1) is 19.2. The number of sulfonamides is 1.